The topological polar surface area (TPSA) is 237 Å². The van der Waals surface area contributed by atoms with Crippen molar-refractivity contribution in [3.05, 3.63) is 0 Å². The van der Waals surface area contributed by atoms with Gasteiger partial charge in [0.05, 0.1) is 26.4 Å². The molecule has 0 saturated carbocycles. The molecule has 0 radical (unpaired) electrons. The normalized spacial score (nSPS) is 14.4. The Kier molecular flexibility index (Phi) is 63.7. The van der Waals surface area contributed by atoms with E-state index in [2.05, 4.69) is 41.5 Å². The van der Waals surface area contributed by atoms with E-state index >= 15 is 0 Å². The minimum Gasteiger partial charge on any atom is -0.462 e. The highest BCUT2D eigenvalue weighted by molar-refractivity contribution is 7.47. The summed E-state index contributed by atoms with van der Waals surface area (Å²) in [6.07, 6.45) is 51.7. The smallest absolute Gasteiger partial charge is 0.462 e. The van der Waals surface area contributed by atoms with Crippen LogP contribution in [0.5, 0.6) is 0 Å². The summed E-state index contributed by atoms with van der Waals surface area (Å²) in [6.45, 7) is 9.49. The Morgan fingerprint density at radius 2 is 0.554 bits per heavy atom. The molecular formula is C73H142O17P2. The Labute approximate surface area is 562 Å². The van der Waals surface area contributed by atoms with E-state index in [9.17, 15) is 43.2 Å². The summed E-state index contributed by atoms with van der Waals surface area (Å²) in [5.74, 6) is -0.614. The molecule has 6 atom stereocenters. The number of hydrogen-bond donors (Lipinski definition) is 3. The Morgan fingerprint density at radius 3 is 0.826 bits per heavy atom. The molecular weight excluding hydrogens is 1210 g/mol. The van der Waals surface area contributed by atoms with Crippen molar-refractivity contribution in [3.63, 3.8) is 0 Å². The summed E-state index contributed by atoms with van der Waals surface area (Å²) in [4.78, 5) is 72.5. The quantitative estimate of drug-likeness (QED) is 0.0222. The third-order valence-electron chi connectivity index (χ3n) is 17.3. The summed E-state index contributed by atoms with van der Waals surface area (Å²) in [6, 6.07) is 0. The average molecular weight is 1350 g/mol. The van der Waals surface area contributed by atoms with E-state index in [0.717, 1.165) is 109 Å². The Hall–Kier alpha value is -1.94. The Bertz CT molecular complexity index is 1790. The molecule has 0 aromatic rings. The van der Waals surface area contributed by atoms with Crippen molar-refractivity contribution >= 4 is 39.5 Å². The summed E-state index contributed by atoms with van der Waals surface area (Å²) in [5, 5.41) is 10.6. The molecule has 0 spiro atoms. The van der Waals surface area contributed by atoms with Crippen LogP contribution in [0.1, 0.15) is 375 Å². The third kappa shape index (κ3) is 65.4. The van der Waals surface area contributed by atoms with E-state index < -0.39 is 97.5 Å². The highest BCUT2D eigenvalue weighted by Crippen LogP contribution is 2.45. The molecule has 17 nitrogen and oxygen atoms in total. The molecule has 0 aromatic carbocycles. The van der Waals surface area contributed by atoms with Gasteiger partial charge in [-0.3, -0.25) is 37.3 Å². The van der Waals surface area contributed by atoms with Crippen LogP contribution in [-0.2, 0) is 65.4 Å². The molecule has 0 aromatic heterocycles. The van der Waals surface area contributed by atoms with Gasteiger partial charge < -0.3 is 33.8 Å². The molecule has 19 heteroatoms. The number of hydrogen-bond acceptors (Lipinski definition) is 15. The lowest BCUT2D eigenvalue weighted by atomic mass is 9.99. The molecule has 0 saturated heterocycles. The van der Waals surface area contributed by atoms with Crippen molar-refractivity contribution in [2.75, 3.05) is 39.6 Å². The maximum absolute atomic E-state index is 13.1. The zero-order chi connectivity index (χ0) is 67.9. The van der Waals surface area contributed by atoms with Crippen molar-refractivity contribution in [1.29, 1.82) is 0 Å². The van der Waals surface area contributed by atoms with Gasteiger partial charge in [-0.2, -0.15) is 0 Å². The first kappa shape index (κ1) is 90.1. The van der Waals surface area contributed by atoms with E-state index in [-0.39, 0.29) is 25.7 Å². The highest BCUT2D eigenvalue weighted by atomic mass is 31.2. The van der Waals surface area contributed by atoms with E-state index in [1.54, 1.807) is 0 Å². The number of ether oxygens (including phenoxy) is 4. The standard InChI is InChI=1S/C73H142O17P2/c1-7-10-12-14-16-17-18-19-20-21-22-23-27-30-33-37-44-50-56-71(76)84-62-68(89-72(77)57-51-45-38-34-31-28-25-24-26-29-32-36-42-48-54-66(6)9-3)63-87-91(79,80)85-59-67(74)60-86-92(81,82)88-64-69(61-83-70(75)55-49-43-35-15-13-11-8-2)90-73(78)58-52-46-40-39-41-47-53-65(4)5/h65-69,74H,7-64H2,1-6H3,(H,79,80)(H,81,82)/t66?,67-,68-,69-/m1/s1. The molecule has 0 heterocycles. The van der Waals surface area contributed by atoms with Gasteiger partial charge in [-0.15, -0.1) is 0 Å². The molecule has 0 amide bonds. The van der Waals surface area contributed by atoms with Gasteiger partial charge in [0.1, 0.15) is 19.3 Å². The maximum Gasteiger partial charge on any atom is 0.472 e. The average Bonchev–Trinajstić information content (AvgIpc) is 1.56. The SMILES string of the molecule is CCCCCCCCCCCCCCCCCCCCC(=O)OC[C@H](COP(=O)(O)OC[C@@H](O)COP(=O)(O)OC[C@@H](COC(=O)CCCCCCCCC)OC(=O)CCCCCCCCC(C)C)OC(=O)CCCCCCCCCCCCCCCCC(C)CC. The zero-order valence-corrected chi connectivity index (χ0v) is 61.6. The number of aliphatic hydroxyl groups is 1. The predicted molar refractivity (Wildman–Crippen MR) is 372 cm³/mol. The molecule has 92 heavy (non-hydrogen) atoms. The van der Waals surface area contributed by atoms with Crippen LogP contribution in [-0.4, -0.2) is 96.7 Å². The first-order valence-corrected chi connectivity index (χ1v) is 41.0. The largest absolute Gasteiger partial charge is 0.472 e. The second-order valence-electron chi connectivity index (χ2n) is 27.1. The maximum atomic E-state index is 13.1. The fourth-order valence-corrected chi connectivity index (χ4v) is 12.7. The molecule has 546 valence electrons. The van der Waals surface area contributed by atoms with Gasteiger partial charge in [-0.25, -0.2) is 9.13 Å². The number of esters is 4. The predicted octanol–water partition coefficient (Wildman–Crippen LogP) is 21.2. The van der Waals surface area contributed by atoms with Crippen LogP contribution in [0.2, 0.25) is 0 Å². The second kappa shape index (κ2) is 65.0. The van der Waals surface area contributed by atoms with E-state index in [1.807, 2.05) is 0 Å². The number of aliphatic hydroxyl groups excluding tert-OH is 1. The van der Waals surface area contributed by atoms with E-state index in [1.165, 1.54) is 180 Å². The lowest BCUT2D eigenvalue weighted by Gasteiger charge is -2.21. The molecule has 0 fully saturated rings. The van der Waals surface area contributed by atoms with Gasteiger partial charge in [0.15, 0.2) is 12.2 Å². The van der Waals surface area contributed by atoms with Crippen molar-refractivity contribution in [1.82, 2.24) is 0 Å². The molecule has 0 bridgehead atoms. The minimum absolute atomic E-state index is 0.102. The first-order valence-electron chi connectivity index (χ1n) is 38.0. The first-order chi connectivity index (χ1) is 44.4. The zero-order valence-electron chi connectivity index (χ0n) is 59.9. The van der Waals surface area contributed by atoms with Crippen molar-refractivity contribution in [2.45, 2.75) is 394 Å². The minimum atomic E-state index is -4.95. The monoisotopic (exact) mass is 1350 g/mol. The second-order valence-corrected chi connectivity index (χ2v) is 30.0. The van der Waals surface area contributed by atoms with Gasteiger partial charge in [-0.1, -0.05) is 324 Å². The van der Waals surface area contributed by atoms with E-state index in [0.29, 0.717) is 31.6 Å². The van der Waals surface area contributed by atoms with Crippen LogP contribution in [0, 0.1) is 11.8 Å². The molecule has 0 rings (SSSR count). The Morgan fingerprint density at radius 1 is 0.315 bits per heavy atom. The lowest BCUT2D eigenvalue weighted by Crippen LogP contribution is -2.30. The summed E-state index contributed by atoms with van der Waals surface area (Å²) in [5.41, 5.74) is 0. The van der Waals surface area contributed by atoms with Gasteiger partial charge in [-0.05, 0) is 37.5 Å². The summed E-state index contributed by atoms with van der Waals surface area (Å²) in [7, 11) is -9.90. The van der Waals surface area contributed by atoms with Gasteiger partial charge >= 0.3 is 39.5 Å². The third-order valence-corrected chi connectivity index (χ3v) is 19.2. The molecule has 0 aliphatic rings. The number of unbranched alkanes of at least 4 members (excludes halogenated alkanes) is 41. The molecule has 3 N–H and O–H groups in total. The number of phosphoric acid groups is 2. The molecule has 3 unspecified atom stereocenters. The number of carbonyl (C=O) groups is 4. The van der Waals surface area contributed by atoms with Crippen LogP contribution in [0.15, 0.2) is 0 Å². The van der Waals surface area contributed by atoms with Crippen LogP contribution in [0.3, 0.4) is 0 Å². The van der Waals surface area contributed by atoms with Gasteiger partial charge in [0.2, 0.25) is 0 Å². The van der Waals surface area contributed by atoms with Crippen molar-refractivity contribution in [3.8, 4) is 0 Å². The van der Waals surface area contributed by atoms with E-state index in [4.69, 9.17) is 37.0 Å². The molecule has 0 aliphatic heterocycles. The van der Waals surface area contributed by atoms with Crippen LogP contribution < -0.4 is 0 Å². The van der Waals surface area contributed by atoms with Crippen LogP contribution in [0.25, 0.3) is 0 Å². The van der Waals surface area contributed by atoms with Gasteiger partial charge in [0, 0.05) is 25.7 Å². The number of phosphoric ester groups is 2. The fourth-order valence-electron chi connectivity index (χ4n) is 11.1. The van der Waals surface area contributed by atoms with Gasteiger partial charge in [0.25, 0.3) is 0 Å². The summed E-state index contributed by atoms with van der Waals surface area (Å²) < 4.78 is 68.2. The number of rotatable bonds is 72. The van der Waals surface area contributed by atoms with Crippen LogP contribution >= 0.6 is 15.6 Å². The van der Waals surface area contributed by atoms with Crippen molar-refractivity contribution < 1.29 is 80.2 Å². The lowest BCUT2D eigenvalue weighted by molar-refractivity contribution is -0.161. The van der Waals surface area contributed by atoms with Crippen molar-refractivity contribution in [2.24, 2.45) is 11.8 Å². The Balaban J connectivity index is 5.17. The number of carbonyl (C=O) groups excluding carboxylic acids is 4. The highest BCUT2D eigenvalue weighted by Gasteiger charge is 2.30. The molecule has 0 aliphatic carbocycles. The summed E-state index contributed by atoms with van der Waals surface area (Å²) >= 11 is 0. The fraction of sp³-hybridized carbons (Fsp3) is 0.945. The van der Waals surface area contributed by atoms with Crippen LogP contribution in [0.4, 0.5) is 0 Å².